The van der Waals surface area contributed by atoms with Crippen molar-refractivity contribution in [2.75, 3.05) is 6.54 Å². The van der Waals surface area contributed by atoms with Crippen molar-refractivity contribution in [1.29, 1.82) is 0 Å². The van der Waals surface area contributed by atoms with Crippen LogP contribution in [0.15, 0.2) is 52.5 Å². The Morgan fingerprint density at radius 2 is 2.17 bits per heavy atom. The molecule has 0 atom stereocenters. The lowest BCUT2D eigenvalue weighted by Gasteiger charge is -2.08. The Balaban J connectivity index is 2.17. The van der Waals surface area contributed by atoms with Gasteiger partial charge in [-0.1, -0.05) is 30.8 Å². The summed E-state index contributed by atoms with van der Waals surface area (Å²) in [7, 11) is 0. The van der Waals surface area contributed by atoms with Gasteiger partial charge in [0.15, 0.2) is 0 Å². The second-order valence-electron chi connectivity index (χ2n) is 3.81. The van der Waals surface area contributed by atoms with E-state index in [0.29, 0.717) is 0 Å². The van der Waals surface area contributed by atoms with Crippen molar-refractivity contribution < 1.29 is 4.39 Å². The molecule has 0 aliphatic heterocycles. The SMILES string of the molecule is CCNCc1cccnc1Sc1cccc(F)c1. The molecule has 0 saturated carbocycles. The number of benzene rings is 1. The van der Waals surface area contributed by atoms with Crippen molar-refractivity contribution in [2.24, 2.45) is 0 Å². The highest BCUT2D eigenvalue weighted by atomic mass is 32.2. The molecule has 94 valence electrons. The number of nitrogens with one attached hydrogen (secondary N) is 1. The molecule has 2 nitrogen and oxygen atoms in total. The van der Waals surface area contributed by atoms with Crippen molar-refractivity contribution in [2.45, 2.75) is 23.4 Å². The predicted molar refractivity (Wildman–Crippen MR) is 72.1 cm³/mol. The molecule has 0 aliphatic rings. The van der Waals surface area contributed by atoms with Gasteiger partial charge in [0.25, 0.3) is 0 Å². The molecule has 2 aromatic rings. The lowest BCUT2D eigenvalue weighted by atomic mass is 10.3. The van der Waals surface area contributed by atoms with Crippen LogP contribution < -0.4 is 5.32 Å². The summed E-state index contributed by atoms with van der Waals surface area (Å²) in [6.07, 6.45) is 1.76. The van der Waals surface area contributed by atoms with E-state index in [1.807, 2.05) is 18.2 Å². The van der Waals surface area contributed by atoms with Crippen LogP contribution in [-0.4, -0.2) is 11.5 Å². The van der Waals surface area contributed by atoms with E-state index in [9.17, 15) is 4.39 Å². The number of nitrogens with zero attached hydrogens (tertiary/aromatic N) is 1. The summed E-state index contributed by atoms with van der Waals surface area (Å²) in [5, 5.41) is 4.20. The van der Waals surface area contributed by atoms with E-state index in [2.05, 4.69) is 17.2 Å². The number of hydrogen-bond acceptors (Lipinski definition) is 3. The number of hydrogen-bond donors (Lipinski definition) is 1. The molecule has 0 bridgehead atoms. The second-order valence-corrected chi connectivity index (χ2v) is 4.87. The molecule has 1 heterocycles. The molecule has 0 amide bonds. The zero-order valence-corrected chi connectivity index (χ0v) is 11.0. The van der Waals surface area contributed by atoms with Crippen LogP contribution in [0, 0.1) is 5.82 Å². The smallest absolute Gasteiger partial charge is 0.124 e. The Morgan fingerprint density at radius 3 is 2.94 bits per heavy atom. The summed E-state index contributed by atoms with van der Waals surface area (Å²) in [5.74, 6) is -0.218. The second kappa shape index (κ2) is 6.52. The van der Waals surface area contributed by atoms with Crippen LogP contribution in [0.2, 0.25) is 0 Å². The maximum atomic E-state index is 13.1. The average molecular weight is 262 g/mol. The van der Waals surface area contributed by atoms with E-state index in [1.165, 1.54) is 23.9 Å². The third-order valence-corrected chi connectivity index (χ3v) is 3.48. The van der Waals surface area contributed by atoms with E-state index in [-0.39, 0.29) is 5.82 Å². The predicted octanol–water partition coefficient (Wildman–Crippen LogP) is 3.48. The average Bonchev–Trinajstić information content (AvgIpc) is 2.38. The van der Waals surface area contributed by atoms with Crippen LogP contribution in [0.3, 0.4) is 0 Å². The minimum atomic E-state index is -0.218. The topological polar surface area (TPSA) is 24.9 Å². The van der Waals surface area contributed by atoms with Gasteiger partial charge < -0.3 is 5.32 Å². The van der Waals surface area contributed by atoms with Gasteiger partial charge >= 0.3 is 0 Å². The van der Waals surface area contributed by atoms with E-state index in [0.717, 1.165) is 28.6 Å². The molecule has 0 fully saturated rings. The van der Waals surface area contributed by atoms with Gasteiger partial charge in [-0.25, -0.2) is 9.37 Å². The summed E-state index contributed by atoms with van der Waals surface area (Å²) in [5.41, 5.74) is 1.13. The number of rotatable bonds is 5. The van der Waals surface area contributed by atoms with Crippen molar-refractivity contribution in [3.05, 3.63) is 54.0 Å². The van der Waals surface area contributed by atoms with Gasteiger partial charge in [0.1, 0.15) is 10.8 Å². The molecule has 4 heteroatoms. The maximum absolute atomic E-state index is 13.1. The molecular formula is C14H15FN2S. The van der Waals surface area contributed by atoms with Crippen LogP contribution >= 0.6 is 11.8 Å². The first kappa shape index (κ1) is 13.1. The largest absolute Gasteiger partial charge is 0.313 e. The summed E-state index contributed by atoms with van der Waals surface area (Å²) in [6, 6.07) is 10.5. The zero-order chi connectivity index (χ0) is 12.8. The fourth-order valence-corrected chi connectivity index (χ4v) is 2.48. The number of pyridine rings is 1. The molecule has 0 aliphatic carbocycles. The fraction of sp³-hybridized carbons (Fsp3) is 0.214. The summed E-state index contributed by atoms with van der Waals surface area (Å²) in [4.78, 5) is 5.22. The molecule has 0 radical (unpaired) electrons. The minimum Gasteiger partial charge on any atom is -0.313 e. The normalized spacial score (nSPS) is 10.6. The van der Waals surface area contributed by atoms with Crippen LogP contribution in [-0.2, 0) is 6.54 Å². The Morgan fingerprint density at radius 1 is 1.28 bits per heavy atom. The van der Waals surface area contributed by atoms with E-state index in [1.54, 1.807) is 12.3 Å². The lowest BCUT2D eigenvalue weighted by molar-refractivity contribution is 0.624. The Bertz CT molecular complexity index is 517. The maximum Gasteiger partial charge on any atom is 0.124 e. The van der Waals surface area contributed by atoms with Gasteiger partial charge in [-0.2, -0.15) is 0 Å². The molecule has 18 heavy (non-hydrogen) atoms. The Hall–Kier alpha value is -1.39. The lowest BCUT2D eigenvalue weighted by Crippen LogP contribution is -2.12. The summed E-state index contributed by atoms with van der Waals surface area (Å²) < 4.78 is 13.1. The molecule has 1 aromatic heterocycles. The van der Waals surface area contributed by atoms with Gasteiger partial charge in [0, 0.05) is 17.6 Å². The zero-order valence-electron chi connectivity index (χ0n) is 10.2. The quantitative estimate of drug-likeness (QED) is 0.893. The monoisotopic (exact) mass is 262 g/mol. The minimum absolute atomic E-state index is 0.218. The molecule has 0 unspecified atom stereocenters. The first-order valence-electron chi connectivity index (χ1n) is 5.87. The first-order valence-corrected chi connectivity index (χ1v) is 6.69. The summed E-state index contributed by atoms with van der Waals surface area (Å²) >= 11 is 1.49. The Labute approximate surface area is 111 Å². The molecule has 1 aromatic carbocycles. The van der Waals surface area contributed by atoms with Crippen molar-refractivity contribution in [3.8, 4) is 0 Å². The Kier molecular flexibility index (Phi) is 4.73. The molecule has 0 spiro atoms. The van der Waals surface area contributed by atoms with Crippen molar-refractivity contribution in [3.63, 3.8) is 0 Å². The summed E-state index contributed by atoms with van der Waals surface area (Å²) in [6.45, 7) is 3.76. The fourth-order valence-electron chi connectivity index (χ4n) is 1.55. The molecular weight excluding hydrogens is 247 g/mol. The first-order chi connectivity index (χ1) is 8.79. The molecule has 2 rings (SSSR count). The van der Waals surface area contributed by atoms with Crippen LogP contribution in [0.4, 0.5) is 4.39 Å². The van der Waals surface area contributed by atoms with Gasteiger partial charge in [-0.05, 0) is 36.4 Å². The van der Waals surface area contributed by atoms with Gasteiger partial charge in [0.2, 0.25) is 0 Å². The van der Waals surface area contributed by atoms with Crippen molar-refractivity contribution >= 4 is 11.8 Å². The number of aromatic nitrogens is 1. The third kappa shape index (κ3) is 3.55. The van der Waals surface area contributed by atoms with Gasteiger partial charge in [0.05, 0.1) is 0 Å². The highest BCUT2D eigenvalue weighted by Crippen LogP contribution is 2.28. The van der Waals surface area contributed by atoms with Crippen LogP contribution in [0.25, 0.3) is 0 Å². The van der Waals surface area contributed by atoms with Crippen molar-refractivity contribution in [1.82, 2.24) is 10.3 Å². The highest BCUT2D eigenvalue weighted by Gasteiger charge is 2.05. The highest BCUT2D eigenvalue weighted by molar-refractivity contribution is 7.99. The van der Waals surface area contributed by atoms with Crippen LogP contribution in [0.1, 0.15) is 12.5 Å². The molecule has 0 saturated heterocycles. The van der Waals surface area contributed by atoms with E-state index in [4.69, 9.17) is 0 Å². The van der Waals surface area contributed by atoms with E-state index < -0.39 is 0 Å². The third-order valence-electron chi connectivity index (χ3n) is 2.43. The standard InChI is InChI=1S/C14H15FN2S/c1-2-16-10-11-5-4-8-17-14(11)18-13-7-3-6-12(15)9-13/h3-9,16H,2,10H2,1H3. The van der Waals surface area contributed by atoms with Gasteiger partial charge in [-0.15, -0.1) is 0 Å². The molecule has 1 N–H and O–H groups in total. The van der Waals surface area contributed by atoms with E-state index >= 15 is 0 Å². The van der Waals surface area contributed by atoms with Gasteiger partial charge in [-0.3, -0.25) is 0 Å². The van der Waals surface area contributed by atoms with Crippen LogP contribution in [0.5, 0.6) is 0 Å². The number of halogens is 1.